The number of unbranched alkanes of at least 4 members (excludes halogenated alkanes) is 6. The summed E-state index contributed by atoms with van der Waals surface area (Å²) in [5.41, 5.74) is 0.283. The van der Waals surface area contributed by atoms with Crippen LogP contribution >= 0.6 is 0 Å². The Morgan fingerprint density at radius 1 is 0.449 bits per heavy atom. The molecule has 6 aliphatic carbocycles. The van der Waals surface area contributed by atoms with Gasteiger partial charge >= 0.3 is 29.8 Å². The standard InChI is InChI=1S/C16H28O3.C15H28O3.C13H24O3.C12H22O3.C7H12O3/c1-11-8-14(10-16(2,3)9-11)19-15(18)12-4-6-13(17)7-5-12;1-3-5-6-12(4-2)11-18-15(17)13-7-9-14(16)10-8-13;1-2-3-4-5-10-16-13(15)11-6-8-12(14)9-7-11;1-2-3-4-9-15-12(14)10-5-7-11(13)8-6-10;8-6-3-1-5(2-4-6)7(9)10/h11-14,17H,4-10H2,1-3H3;12-14,16H,3-11H2,1-2H3;11-12,14H,2-10H2,1H3;10-11,13H,2-9H2,1H3;5-6,8H,1-4H2,(H,9,10). The Balaban J connectivity index is 0.000000338. The van der Waals surface area contributed by atoms with Crippen molar-refractivity contribution in [3.8, 4) is 0 Å². The molecule has 6 N–H and O–H groups in total. The van der Waals surface area contributed by atoms with E-state index in [1.807, 2.05) is 0 Å². The minimum Gasteiger partial charge on any atom is -0.481 e. The molecule has 456 valence electrons. The van der Waals surface area contributed by atoms with E-state index in [4.69, 9.17) is 29.2 Å². The van der Waals surface area contributed by atoms with Crippen LogP contribution in [0.4, 0.5) is 0 Å². The summed E-state index contributed by atoms with van der Waals surface area (Å²) in [6.45, 7) is 17.1. The average molecular weight is 1110 g/mol. The van der Waals surface area contributed by atoms with Crippen LogP contribution in [0.15, 0.2) is 0 Å². The van der Waals surface area contributed by atoms with Gasteiger partial charge in [0, 0.05) is 0 Å². The summed E-state index contributed by atoms with van der Waals surface area (Å²) in [7, 11) is 0. The molecular formula is C63H114O15. The molecular weight excluding hydrogens is 997 g/mol. The maximum atomic E-state index is 12.2. The monoisotopic (exact) mass is 1110 g/mol. The average Bonchev–Trinajstić information content (AvgIpc) is 3.42. The van der Waals surface area contributed by atoms with Gasteiger partial charge in [-0.3, -0.25) is 24.0 Å². The van der Waals surface area contributed by atoms with Gasteiger partial charge in [-0.15, -0.1) is 0 Å². The molecule has 3 unspecified atom stereocenters. The van der Waals surface area contributed by atoms with E-state index in [1.54, 1.807) is 0 Å². The number of esters is 4. The molecule has 78 heavy (non-hydrogen) atoms. The third-order valence-corrected chi connectivity index (χ3v) is 17.0. The second-order valence-electron chi connectivity index (χ2n) is 25.0. The molecule has 0 aromatic rings. The van der Waals surface area contributed by atoms with Crippen molar-refractivity contribution in [3.63, 3.8) is 0 Å². The highest BCUT2D eigenvalue weighted by Crippen LogP contribution is 2.40. The van der Waals surface area contributed by atoms with Crippen molar-refractivity contribution >= 4 is 29.8 Å². The second kappa shape index (κ2) is 41.2. The highest BCUT2D eigenvalue weighted by Gasteiger charge is 2.36. The van der Waals surface area contributed by atoms with Crippen LogP contribution in [0.1, 0.15) is 267 Å². The molecule has 15 nitrogen and oxygen atoms in total. The summed E-state index contributed by atoms with van der Waals surface area (Å²) in [4.78, 5) is 57.7. The lowest BCUT2D eigenvalue weighted by Crippen LogP contribution is -2.36. The lowest BCUT2D eigenvalue weighted by atomic mass is 9.71. The fraction of sp³-hybridized carbons (Fsp3) is 0.921. The molecule has 0 aromatic carbocycles. The van der Waals surface area contributed by atoms with Gasteiger partial charge in [0.2, 0.25) is 0 Å². The first-order valence-electron chi connectivity index (χ1n) is 31.5. The zero-order chi connectivity index (χ0) is 57.9. The Bertz CT molecular complexity index is 1580. The van der Waals surface area contributed by atoms with E-state index in [9.17, 15) is 44.4 Å². The van der Waals surface area contributed by atoms with Crippen molar-refractivity contribution in [2.45, 2.75) is 303 Å². The molecule has 0 aromatic heterocycles. The number of aliphatic hydroxyl groups excluding tert-OH is 5. The minimum atomic E-state index is -0.716. The molecule has 15 heteroatoms. The van der Waals surface area contributed by atoms with Crippen LogP contribution in [0.2, 0.25) is 0 Å². The molecule has 0 spiro atoms. The number of rotatable bonds is 21. The van der Waals surface area contributed by atoms with Crippen LogP contribution in [0.3, 0.4) is 0 Å². The Labute approximate surface area is 471 Å². The largest absolute Gasteiger partial charge is 0.481 e. The van der Waals surface area contributed by atoms with E-state index in [0.717, 1.165) is 161 Å². The Kier molecular flexibility index (Phi) is 37.6. The van der Waals surface area contributed by atoms with E-state index in [2.05, 4.69) is 48.5 Å². The number of hydrogen-bond donors (Lipinski definition) is 6. The Morgan fingerprint density at radius 3 is 1.15 bits per heavy atom. The van der Waals surface area contributed by atoms with Gasteiger partial charge in [-0.2, -0.15) is 0 Å². The van der Waals surface area contributed by atoms with Gasteiger partial charge in [-0.1, -0.05) is 99.8 Å². The number of ether oxygens (including phenoxy) is 4. The SMILES string of the molecule is CC1CC(OC(=O)C2CCC(O)CC2)CC(C)(C)C1.CCCCC(CC)COC(=O)C1CCC(O)CC1.CCCCCCOC(=O)C1CCC(O)CC1.CCCCCOC(=O)C1CCC(O)CC1.O=C(O)C1CCC(O)CC1. The minimum absolute atomic E-state index is 0.0174. The van der Waals surface area contributed by atoms with Gasteiger partial charge < -0.3 is 49.6 Å². The van der Waals surface area contributed by atoms with Crippen LogP contribution in [-0.2, 0) is 42.9 Å². The first-order chi connectivity index (χ1) is 37.2. The molecule has 6 rings (SSSR count). The fourth-order valence-corrected chi connectivity index (χ4v) is 11.9. The Hall–Kier alpha value is -2.85. The van der Waals surface area contributed by atoms with Crippen molar-refractivity contribution in [2.24, 2.45) is 46.8 Å². The number of hydrogen-bond acceptors (Lipinski definition) is 14. The highest BCUT2D eigenvalue weighted by molar-refractivity contribution is 5.74. The molecule has 0 radical (unpaired) electrons. The van der Waals surface area contributed by atoms with Crippen LogP contribution in [-0.4, -0.2) is 117 Å². The van der Waals surface area contributed by atoms with Crippen LogP contribution in [0.25, 0.3) is 0 Å². The third kappa shape index (κ3) is 32.0. The summed E-state index contributed by atoms with van der Waals surface area (Å²) < 4.78 is 21.6. The Morgan fingerprint density at radius 2 is 0.795 bits per heavy atom. The zero-order valence-corrected chi connectivity index (χ0v) is 50.0. The lowest BCUT2D eigenvalue weighted by molar-refractivity contribution is -0.160. The number of carbonyl (C=O) groups is 5. The molecule has 0 bridgehead atoms. The molecule has 0 heterocycles. The van der Waals surface area contributed by atoms with Crippen LogP contribution in [0, 0.1) is 46.8 Å². The number of carboxylic acid groups (broad SMARTS) is 1. The van der Waals surface area contributed by atoms with Gasteiger partial charge in [0.1, 0.15) is 6.10 Å². The van der Waals surface area contributed by atoms with Crippen molar-refractivity contribution in [1.82, 2.24) is 0 Å². The van der Waals surface area contributed by atoms with Crippen molar-refractivity contribution in [1.29, 1.82) is 0 Å². The molecule has 6 fully saturated rings. The van der Waals surface area contributed by atoms with Crippen LogP contribution < -0.4 is 0 Å². The zero-order valence-electron chi connectivity index (χ0n) is 50.0. The smallest absolute Gasteiger partial charge is 0.309 e. The van der Waals surface area contributed by atoms with E-state index in [0.29, 0.717) is 57.3 Å². The number of carboxylic acids is 1. The summed E-state index contributed by atoms with van der Waals surface area (Å²) in [5.74, 6) is 0.165. The van der Waals surface area contributed by atoms with E-state index < -0.39 is 5.97 Å². The molecule has 6 aliphatic rings. The number of aliphatic carboxylic acids is 1. The first-order valence-corrected chi connectivity index (χ1v) is 31.5. The van der Waals surface area contributed by atoms with Crippen molar-refractivity contribution < 1.29 is 73.6 Å². The molecule has 0 amide bonds. The molecule has 3 atom stereocenters. The number of carbonyl (C=O) groups excluding carboxylic acids is 4. The fourth-order valence-electron chi connectivity index (χ4n) is 11.9. The lowest BCUT2D eigenvalue weighted by Gasteiger charge is -2.39. The van der Waals surface area contributed by atoms with Gasteiger partial charge in [-0.25, -0.2) is 0 Å². The van der Waals surface area contributed by atoms with Gasteiger partial charge in [0.15, 0.2) is 0 Å². The van der Waals surface area contributed by atoms with Gasteiger partial charge in [0.25, 0.3) is 0 Å². The molecule has 6 saturated carbocycles. The van der Waals surface area contributed by atoms with E-state index in [1.165, 1.54) is 32.1 Å². The van der Waals surface area contributed by atoms with Crippen molar-refractivity contribution in [2.75, 3.05) is 19.8 Å². The van der Waals surface area contributed by atoms with E-state index >= 15 is 0 Å². The summed E-state index contributed by atoms with van der Waals surface area (Å²) in [6.07, 6.45) is 29.5. The van der Waals surface area contributed by atoms with Gasteiger partial charge in [0.05, 0.1) is 79.9 Å². The summed E-state index contributed by atoms with van der Waals surface area (Å²) in [6, 6.07) is 0. The quantitative estimate of drug-likeness (QED) is 0.0356. The van der Waals surface area contributed by atoms with Crippen molar-refractivity contribution in [3.05, 3.63) is 0 Å². The number of aliphatic hydroxyl groups is 5. The molecule has 0 saturated heterocycles. The predicted octanol–water partition coefficient (Wildman–Crippen LogP) is 12.1. The van der Waals surface area contributed by atoms with E-state index in [-0.39, 0.29) is 95.5 Å². The van der Waals surface area contributed by atoms with Crippen LogP contribution in [0.5, 0.6) is 0 Å². The molecule has 0 aliphatic heterocycles. The normalized spacial score (nSPS) is 29.9. The third-order valence-electron chi connectivity index (χ3n) is 17.0. The second-order valence-corrected chi connectivity index (χ2v) is 25.0. The van der Waals surface area contributed by atoms with Gasteiger partial charge in [-0.05, 0) is 184 Å². The predicted molar refractivity (Wildman–Crippen MR) is 304 cm³/mol. The first kappa shape index (κ1) is 71.3. The summed E-state index contributed by atoms with van der Waals surface area (Å²) in [5, 5.41) is 55.1. The highest BCUT2D eigenvalue weighted by atomic mass is 16.5. The topological polar surface area (TPSA) is 244 Å². The summed E-state index contributed by atoms with van der Waals surface area (Å²) >= 11 is 0. The maximum absolute atomic E-state index is 12.2. The maximum Gasteiger partial charge on any atom is 0.309 e.